The van der Waals surface area contributed by atoms with E-state index in [2.05, 4.69) is 5.32 Å². The molecule has 108 valence electrons. The van der Waals surface area contributed by atoms with E-state index in [1.54, 1.807) is 20.3 Å². The highest BCUT2D eigenvalue weighted by Crippen LogP contribution is 2.22. The molecule has 0 aliphatic rings. The van der Waals surface area contributed by atoms with Crippen molar-refractivity contribution in [3.8, 4) is 11.5 Å². The Morgan fingerprint density at radius 2 is 1.68 bits per heavy atom. The quantitative estimate of drug-likeness (QED) is 0.817. The van der Waals surface area contributed by atoms with Crippen molar-refractivity contribution in [2.45, 2.75) is 19.5 Å². The van der Waals surface area contributed by atoms with Crippen LogP contribution in [0, 0.1) is 0 Å². The van der Waals surface area contributed by atoms with Crippen molar-refractivity contribution in [3.63, 3.8) is 0 Å². The van der Waals surface area contributed by atoms with E-state index in [1.807, 2.05) is 19.1 Å². The second-order valence-corrected chi connectivity index (χ2v) is 6.78. The molecule has 0 amide bonds. The number of hydrogen-bond acceptors (Lipinski definition) is 5. The van der Waals surface area contributed by atoms with Gasteiger partial charge in [0.1, 0.15) is 21.3 Å². The van der Waals surface area contributed by atoms with Crippen LogP contribution in [0.5, 0.6) is 11.5 Å². The van der Waals surface area contributed by atoms with Gasteiger partial charge in [0.15, 0.2) is 0 Å². The van der Waals surface area contributed by atoms with Crippen molar-refractivity contribution in [2.24, 2.45) is 0 Å². The predicted octanol–water partition coefficient (Wildman–Crippen LogP) is 1.23. The fraction of sp³-hybridized carbons (Fsp3) is 0.538. The number of benzene rings is 1. The van der Waals surface area contributed by atoms with E-state index >= 15 is 0 Å². The van der Waals surface area contributed by atoms with Crippen molar-refractivity contribution in [1.82, 2.24) is 5.32 Å². The molecule has 0 bridgehead atoms. The van der Waals surface area contributed by atoms with E-state index in [9.17, 15) is 8.42 Å². The van der Waals surface area contributed by atoms with Gasteiger partial charge in [0.05, 0.1) is 20.0 Å². The van der Waals surface area contributed by atoms with E-state index < -0.39 is 9.84 Å². The van der Waals surface area contributed by atoms with E-state index in [4.69, 9.17) is 9.47 Å². The predicted molar refractivity (Wildman–Crippen MR) is 75.6 cm³/mol. The highest BCUT2D eigenvalue weighted by molar-refractivity contribution is 7.90. The average molecular weight is 287 g/mol. The summed E-state index contributed by atoms with van der Waals surface area (Å²) in [5, 5.41) is 3.17. The molecule has 0 aliphatic heterocycles. The van der Waals surface area contributed by atoms with Crippen LogP contribution in [0.2, 0.25) is 0 Å². The van der Waals surface area contributed by atoms with Crippen LogP contribution in [0.25, 0.3) is 0 Å². The van der Waals surface area contributed by atoms with Crippen LogP contribution in [-0.2, 0) is 16.4 Å². The molecule has 0 saturated carbocycles. The van der Waals surface area contributed by atoms with Gasteiger partial charge in [-0.25, -0.2) is 8.42 Å². The zero-order valence-corrected chi connectivity index (χ0v) is 12.6. The molecule has 1 rings (SSSR count). The van der Waals surface area contributed by atoms with Gasteiger partial charge in [0, 0.05) is 24.9 Å². The third-order valence-electron chi connectivity index (χ3n) is 2.62. The molecule has 1 unspecified atom stereocenters. The molecule has 1 N–H and O–H groups in total. The molecule has 6 heteroatoms. The molecule has 0 spiro atoms. The Morgan fingerprint density at radius 1 is 1.16 bits per heavy atom. The van der Waals surface area contributed by atoms with Gasteiger partial charge in [0.2, 0.25) is 0 Å². The Bertz CT molecular complexity index is 491. The van der Waals surface area contributed by atoms with Gasteiger partial charge < -0.3 is 14.8 Å². The average Bonchev–Trinajstić information content (AvgIpc) is 2.33. The Morgan fingerprint density at radius 3 is 2.11 bits per heavy atom. The van der Waals surface area contributed by atoms with Crippen LogP contribution in [0.3, 0.4) is 0 Å². The van der Waals surface area contributed by atoms with Crippen molar-refractivity contribution < 1.29 is 17.9 Å². The first-order valence-electron chi connectivity index (χ1n) is 5.97. The van der Waals surface area contributed by atoms with Crippen LogP contribution >= 0.6 is 0 Å². The van der Waals surface area contributed by atoms with Gasteiger partial charge in [-0.3, -0.25) is 0 Å². The second-order valence-electron chi connectivity index (χ2n) is 4.60. The van der Waals surface area contributed by atoms with Gasteiger partial charge >= 0.3 is 0 Å². The van der Waals surface area contributed by atoms with Crippen LogP contribution in [0.15, 0.2) is 18.2 Å². The maximum Gasteiger partial charge on any atom is 0.148 e. The molecule has 1 atom stereocenters. The highest BCUT2D eigenvalue weighted by atomic mass is 32.2. The lowest BCUT2D eigenvalue weighted by molar-refractivity contribution is 0.393. The summed E-state index contributed by atoms with van der Waals surface area (Å²) in [5.74, 6) is 1.55. The fourth-order valence-electron chi connectivity index (χ4n) is 1.77. The molecule has 0 fully saturated rings. The number of hydrogen-bond donors (Lipinski definition) is 1. The first kappa shape index (κ1) is 15.8. The summed E-state index contributed by atoms with van der Waals surface area (Å²) >= 11 is 0. The lowest BCUT2D eigenvalue weighted by Crippen LogP contribution is -2.32. The highest BCUT2D eigenvalue weighted by Gasteiger charge is 2.10. The van der Waals surface area contributed by atoms with Crippen LogP contribution in [0.1, 0.15) is 12.5 Å². The summed E-state index contributed by atoms with van der Waals surface area (Å²) in [6.07, 6.45) is 1.24. The van der Waals surface area contributed by atoms with Crippen molar-refractivity contribution in [2.75, 3.05) is 26.2 Å². The fourth-order valence-corrected chi connectivity index (χ4v) is 2.80. The van der Waals surface area contributed by atoms with Gasteiger partial charge in [-0.1, -0.05) is 0 Å². The maximum atomic E-state index is 11.2. The summed E-state index contributed by atoms with van der Waals surface area (Å²) in [6, 6.07) is 5.47. The van der Waals surface area contributed by atoms with E-state index in [1.165, 1.54) is 6.26 Å². The lowest BCUT2D eigenvalue weighted by Gasteiger charge is -2.14. The zero-order chi connectivity index (χ0) is 14.5. The Labute approximate surface area is 114 Å². The molecule has 1 aromatic carbocycles. The summed E-state index contributed by atoms with van der Waals surface area (Å²) in [4.78, 5) is 0. The molecular weight excluding hydrogens is 266 g/mol. The van der Waals surface area contributed by atoms with E-state index in [0.29, 0.717) is 18.0 Å². The third-order valence-corrected chi connectivity index (χ3v) is 3.72. The van der Waals surface area contributed by atoms with Gasteiger partial charge in [0.25, 0.3) is 0 Å². The molecule has 0 aliphatic carbocycles. The van der Waals surface area contributed by atoms with Gasteiger partial charge in [-0.15, -0.1) is 0 Å². The topological polar surface area (TPSA) is 64.6 Å². The summed E-state index contributed by atoms with van der Waals surface area (Å²) in [7, 11) is 0.226. The van der Waals surface area contributed by atoms with Crippen LogP contribution in [-0.4, -0.2) is 40.7 Å². The van der Waals surface area contributed by atoms with Gasteiger partial charge in [-0.05, 0) is 24.6 Å². The minimum Gasteiger partial charge on any atom is -0.497 e. The number of sulfone groups is 1. The van der Waals surface area contributed by atoms with Crippen molar-refractivity contribution in [1.29, 1.82) is 0 Å². The Hall–Kier alpha value is -1.27. The summed E-state index contributed by atoms with van der Waals surface area (Å²) < 4.78 is 32.7. The standard InChI is InChI=1S/C13H21NO4S/c1-10(9-19(4,15)16)14-8-11-5-12(17-2)7-13(6-11)18-3/h5-7,10,14H,8-9H2,1-4H3. The van der Waals surface area contributed by atoms with Crippen molar-refractivity contribution in [3.05, 3.63) is 23.8 Å². The Kier molecular flexibility index (Phi) is 5.62. The van der Waals surface area contributed by atoms with Crippen LogP contribution in [0.4, 0.5) is 0 Å². The number of rotatable bonds is 7. The smallest absolute Gasteiger partial charge is 0.148 e. The summed E-state index contributed by atoms with van der Waals surface area (Å²) in [6.45, 7) is 2.41. The molecule has 0 aromatic heterocycles. The minimum absolute atomic E-state index is 0.104. The Balaban J connectivity index is 2.66. The first-order valence-corrected chi connectivity index (χ1v) is 8.03. The van der Waals surface area contributed by atoms with Gasteiger partial charge in [-0.2, -0.15) is 0 Å². The number of nitrogens with one attached hydrogen (secondary N) is 1. The second kappa shape index (κ2) is 6.77. The lowest BCUT2D eigenvalue weighted by atomic mass is 10.2. The van der Waals surface area contributed by atoms with Crippen molar-refractivity contribution >= 4 is 9.84 Å². The van der Waals surface area contributed by atoms with Crippen LogP contribution < -0.4 is 14.8 Å². The maximum absolute atomic E-state index is 11.2. The molecule has 0 saturated heterocycles. The largest absolute Gasteiger partial charge is 0.497 e. The monoisotopic (exact) mass is 287 g/mol. The molecule has 5 nitrogen and oxygen atoms in total. The molecule has 0 heterocycles. The molecule has 1 aromatic rings. The summed E-state index contributed by atoms with van der Waals surface area (Å²) in [5.41, 5.74) is 0.983. The molecule has 19 heavy (non-hydrogen) atoms. The minimum atomic E-state index is -2.97. The van der Waals surface area contributed by atoms with E-state index in [0.717, 1.165) is 5.56 Å². The number of ether oxygens (including phenoxy) is 2. The molecular formula is C13H21NO4S. The third kappa shape index (κ3) is 5.94. The van der Waals surface area contributed by atoms with E-state index in [-0.39, 0.29) is 11.8 Å². The first-order chi connectivity index (χ1) is 8.84. The normalized spacial score (nSPS) is 13.1. The number of methoxy groups -OCH3 is 2. The molecule has 0 radical (unpaired) electrons. The SMILES string of the molecule is COc1cc(CNC(C)CS(C)(=O)=O)cc(OC)c1. The zero-order valence-electron chi connectivity index (χ0n) is 11.8.